The molecule has 31 heavy (non-hydrogen) atoms. The van der Waals surface area contributed by atoms with Crippen LogP contribution in [0.4, 0.5) is 5.69 Å². The summed E-state index contributed by atoms with van der Waals surface area (Å²) in [7, 11) is -1.98. The molecule has 1 aliphatic carbocycles. The average Bonchev–Trinajstić information content (AvgIpc) is 2.89. The molecule has 0 saturated heterocycles. The minimum Gasteiger partial charge on any atom is -0.465 e. The van der Waals surface area contributed by atoms with Crippen LogP contribution >= 0.6 is 0 Å². The molecule has 0 spiro atoms. The Balaban J connectivity index is 1.87. The predicted molar refractivity (Wildman–Crippen MR) is 124 cm³/mol. The third-order valence-corrected chi connectivity index (χ3v) is 5.90. The van der Waals surface area contributed by atoms with Gasteiger partial charge in [-0.25, -0.2) is 13.2 Å². The van der Waals surface area contributed by atoms with E-state index in [0.29, 0.717) is 11.3 Å². The Bertz CT molecular complexity index is 1290. The molecule has 1 N–H and O–H groups in total. The summed E-state index contributed by atoms with van der Waals surface area (Å²) in [6, 6.07) is 21.2. The minimum absolute atomic E-state index is 0.352. The van der Waals surface area contributed by atoms with Gasteiger partial charge in [-0.2, -0.15) is 0 Å². The summed E-state index contributed by atoms with van der Waals surface area (Å²) in [5.41, 5.74) is 7.46. The molecule has 0 unspecified atom stereocenters. The molecule has 5 nitrogen and oxygen atoms in total. The Hall–Kier alpha value is -3.38. The number of fused-ring (bicyclic) bond motifs is 2. The number of carbonyl (C=O) groups is 1. The number of sulfonamides is 1. The number of ether oxygens (including phenoxy) is 1. The van der Waals surface area contributed by atoms with E-state index in [4.69, 9.17) is 4.74 Å². The van der Waals surface area contributed by atoms with Crippen LogP contribution in [0.15, 0.2) is 66.7 Å². The fraction of sp³-hybridized carbons (Fsp3) is 0.160. The first-order valence-electron chi connectivity index (χ1n) is 9.93. The van der Waals surface area contributed by atoms with Crippen molar-refractivity contribution in [3.05, 3.63) is 100 Å². The molecular formula is C25H23NO4S. The van der Waals surface area contributed by atoms with Crippen molar-refractivity contribution in [3.8, 4) is 0 Å². The topological polar surface area (TPSA) is 72.5 Å². The standard InChI is InChI=1S/C25H23NO4S/c1-30-25(27)20-12-13-23-19(16-20)11-10-18-7-3-4-9-22(18)24(23)15-17-6-5-8-21(14-17)26-31(2,28)29/h3-9,12-16,26H,10-11H2,1-2H3/b24-15-. The number of carbonyl (C=O) groups excluding carboxylic acids is 1. The molecule has 6 heteroatoms. The number of nitrogens with one attached hydrogen (secondary N) is 1. The first kappa shape index (κ1) is 20.9. The molecule has 1 aliphatic rings. The summed E-state index contributed by atoms with van der Waals surface area (Å²) >= 11 is 0. The van der Waals surface area contributed by atoms with E-state index in [0.717, 1.165) is 46.9 Å². The van der Waals surface area contributed by atoms with Gasteiger partial charge >= 0.3 is 5.97 Å². The summed E-state index contributed by atoms with van der Waals surface area (Å²) in [4.78, 5) is 12.0. The van der Waals surface area contributed by atoms with Crippen molar-refractivity contribution in [3.63, 3.8) is 0 Å². The summed E-state index contributed by atoms with van der Waals surface area (Å²) in [6.45, 7) is 0. The summed E-state index contributed by atoms with van der Waals surface area (Å²) in [5, 5.41) is 0. The fourth-order valence-corrected chi connectivity index (χ4v) is 4.51. The van der Waals surface area contributed by atoms with Gasteiger partial charge in [0, 0.05) is 5.69 Å². The molecule has 158 valence electrons. The van der Waals surface area contributed by atoms with Crippen LogP contribution in [0.3, 0.4) is 0 Å². The second-order valence-corrected chi connectivity index (χ2v) is 9.33. The Morgan fingerprint density at radius 3 is 2.45 bits per heavy atom. The lowest BCUT2D eigenvalue weighted by Crippen LogP contribution is -2.09. The molecule has 0 amide bonds. The van der Waals surface area contributed by atoms with Crippen molar-refractivity contribution in [2.45, 2.75) is 12.8 Å². The second kappa shape index (κ2) is 8.40. The smallest absolute Gasteiger partial charge is 0.337 e. The van der Waals surface area contributed by atoms with E-state index in [2.05, 4.69) is 22.9 Å². The molecule has 0 saturated carbocycles. The highest BCUT2D eigenvalue weighted by Gasteiger charge is 2.20. The molecule has 0 heterocycles. The first-order valence-corrected chi connectivity index (χ1v) is 11.8. The Morgan fingerprint density at radius 2 is 1.68 bits per heavy atom. The van der Waals surface area contributed by atoms with Gasteiger partial charge in [0.25, 0.3) is 0 Å². The van der Waals surface area contributed by atoms with Crippen molar-refractivity contribution in [2.75, 3.05) is 18.1 Å². The number of benzene rings is 3. The summed E-state index contributed by atoms with van der Waals surface area (Å²) in [6.07, 6.45) is 4.87. The van der Waals surface area contributed by atoms with Gasteiger partial charge in [0.2, 0.25) is 10.0 Å². The van der Waals surface area contributed by atoms with Crippen LogP contribution in [0.5, 0.6) is 0 Å². The summed E-state index contributed by atoms with van der Waals surface area (Å²) in [5.74, 6) is -0.352. The van der Waals surface area contributed by atoms with Gasteiger partial charge in [-0.05, 0) is 76.6 Å². The third-order valence-electron chi connectivity index (χ3n) is 5.29. The summed E-state index contributed by atoms with van der Waals surface area (Å²) < 4.78 is 30.7. The average molecular weight is 434 g/mol. The largest absolute Gasteiger partial charge is 0.465 e. The lowest BCUT2D eigenvalue weighted by Gasteiger charge is -2.13. The quantitative estimate of drug-likeness (QED) is 0.614. The van der Waals surface area contributed by atoms with Gasteiger partial charge in [0.1, 0.15) is 0 Å². The maximum atomic E-state index is 12.0. The van der Waals surface area contributed by atoms with Crippen molar-refractivity contribution >= 4 is 33.3 Å². The molecule has 3 aromatic rings. The first-order chi connectivity index (χ1) is 14.8. The third kappa shape index (κ3) is 4.70. The number of rotatable bonds is 4. The SMILES string of the molecule is COC(=O)c1ccc2c(c1)CCc1ccccc1/C2=C/c1cccc(NS(C)(=O)=O)c1. The lowest BCUT2D eigenvalue weighted by molar-refractivity contribution is 0.0600. The van der Waals surface area contributed by atoms with E-state index in [1.165, 1.54) is 12.7 Å². The van der Waals surface area contributed by atoms with Crippen LogP contribution in [0.25, 0.3) is 11.6 Å². The van der Waals surface area contributed by atoms with Gasteiger partial charge in [0.15, 0.2) is 0 Å². The maximum Gasteiger partial charge on any atom is 0.337 e. The highest BCUT2D eigenvalue weighted by Crippen LogP contribution is 2.35. The van der Waals surface area contributed by atoms with Crippen molar-refractivity contribution in [1.29, 1.82) is 0 Å². The molecule has 0 fully saturated rings. The normalized spacial score (nSPS) is 14.3. The van der Waals surface area contributed by atoms with E-state index >= 15 is 0 Å². The number of hydrogen-bond acceptors (Lipinski definition) is 4. The predicted octanol–water partition coefficient (Wildman–Crippen LogP) is 4.53. The molecule has 0 bridgehead atoms. The van der Waals surface area contributed by atoms with E-state index in [9.17, 15) is 13.2 Å². The van der Waals surface area contributed by atoms with Gasteiger partial charge < -0.3 is 4.74 Å². The van der Waals surface area contributed by atoms with Crippen molar-refractivity contribution in [1.82, 2.24) is 0 Å². The number of hydrogen-bond donors (Lipinski definition) is 1. The van der Waals surface area contributed by atoms with Crippen LogP contribution in [-0.2, 0) is 27.6 Å². The van der Waals surface area contributed by atoms with Crippen molar-refractivity contribution in [2.24, 2.45) is 0 Å². The van der Waals surface area contributed by atoms with Crippen molar-refractivity contribution < 1.29 is 17.9 Å². The van der Waals surface area contributed by atoms with E-state index in [1.807, 2.05) is 42.5 Å². The maximum absolute atomic E-state index is 12.0. The minimum atomic E-state index is -3.36. The van der Waals surface area contributed by atoms with Gasteiger partial charge in [-0.1, -0.05) is 42.5 Å². The highest BCUT2D eigenvalue weighted by atomic mass is 32.2. The molecule has 0 aliphatic heterocycles. The van der Waals surface area contributed by atoms with Gasteiger partial charge in [-0.3, -0.25) is 4.72 Å². The van der Waals surface area contributed by atoms with Crippen LogP contribution in [0.1, 0.15) is 38.2 Å². The van der Waals surface area contributed by atoms with E-state index in [1.54, 1.807) is 12.1 Å². The molecule has 3 aromatic carbocycles. The Morgan fingerprint density at radius 1 is 0.935 bits per heavy atom. The van der Waals surface area contributed by atoms with E-state index < -0.39 is 10.0 Å². The zero-order valence-corrected chi connectivity index (χ0v) is 18.2. The second-order valence-electron chi connectivity index (χ2n) is 7.58. The number of methoxy groups -OCH3 is 1. The highest BCUT2D eigenvalue weighted by molar-refractivity contribution is 7.92. The van der Waals surface area contributed by atoms with Gasteiger partial charge in [0.05, 0.1) is 18.9 Å². The molecule has 0 aromatic heterocycles. The number of anilines is 1. The van der Waals surface area contributed by atoms with Crippen LogP contribution in [0.2, 0.25) is 0 Å². The zero-order chi connectivity index (χ0) is 22.0. The molecule has 4 rings (SSSR count). The van der Waals surface area contributed by atoms with E-state index in [-0.39, 0.29) is 5.97 Å². The Labute approximate surface area is 182 Å². The molecule has 0 atom stereocenters. The fourth-order valence-electron chi connectivity index (χ4n) is 3.95. The molecular weight excluding hydrogens is 410 g/mol. The Kier molecular flexibility index (Phi) is 5.65. The molecule has 0 radical (unpaired) electrons. The number of esters is 1. The van der Waals surface area contributed by atoms with Crippen LogP contribution < -0.4 is 4.72 Å². The zero-order valence-electron chi connectivity index (χ0n) is 17.4. The number of aryl methyl sites for hydroxylation is 2. The lowest BCUT2D eigenvalue weighted by atomic mass is 9.91. The van der Waals surface area contributed by atoms with Crippen LogP contribution in [-0.4, -0.2) is 27.8 Å². The van der Waals surface area contributed by atoms with Gasteiger partial charge in [-0.15, -0.1) is 0 Å². The van der Waals surface area contributed by atoms with Crippen LogP contribution in [0, 0.1) is 0 Å². The monoisotopic (exact) mass is 433 g/mol.